The van der Waals surface area contributed by atoms with Crippen LogP contribution in [0.15, 0.2) is 0 Å². The highest BCUT2D eigenvalue weighted by Gasteiger charge is 2.13. The Balaban J connectivity index is 2.48. The first-order valence-electron chi connectivity index (χ1n) is 6.52. The van der Waals surface area contributed by atoms with Gasteiger partial charge in [0, 0.05) is 25.0 Å². The number of alkyl halides is 1. The zero-order valence-electron chi connectivity index (χ0n) is 11.6. The molecule has 0 spiro atoms. The van der Waals surface area contributed by atoms with E-state index in [2.05, 4.69) is 31.2 Å². The molecule has 5 heteroatoms. The minimum absolute atomic E-state index is 0.169. The molecular formula is C13H23Cl2N3. The molecular weight excluding hydrogens is 269 g/mol. The molecule has 1 unspecified atom stereocenters. The summed E-state index contributed by atoms with van der Waals surface area (Å²) in [5, 5.41) is 8.68. The molecule has 0 amide bonds. The fourth-order valence-corrected chi connectivity index (χ4v) is 2.65. The molecule has 0 fully saturated rings. The molecule has 1 heterocycles. The van der Waals surface area contributed by atoms with E-state index in [1.165, 1.54) is 0 Å². The van der Waals surface area contributed by atoms with Crippen LogP contribution in [0.5, 0.6) is 0 Å². The monoisotopic (exact) mass is 291 g/mol. The van der Waals surface area contributed by atoms with Gasteiger partial charge in [0.25, 0.3) is 0 Å². The Morgan fingerprint density at radius 3 is 2.61 bits per heavy atom. The minimum Gasteiger partial charge on any atom is -0.310 e. The van der Waals surface area contributed by atoms with Crippen molar-refractivity contribution in [3.8, 4) is 0 Å². The van der Waals surface area contributed by atoms with E-state index in [-0.39, 0.29) is 5.38 Å². The molecule has 1 atom stereocenters. The van der Waals surface area contributed by atoms with Crippen LogP contribution in [0, 0.1) is 12.8 Å². The standard InChI is InChI=1S/C13H23Cl2N3/c1-5-18-12(13(15)10(4)17-18)8-16-7-11(14)6-9(2)3/h9,11,16H,5-8H2,1-4H3. The van der Waals surface area contributed by atoms with Crippen LogP contribution in [0.2, 0.25) is 5.02 Å². The maximum absolute atomic E-state index is 6.24. The highest BCUT2D eigenvalue weighted by molar-refractivity contribution is 6.31. The van der Waals surface area contributed by atoms with Crippen LogP contribution in [-0.4, -0.2) is 21.7 Å². The van der Waals surface area contributed by atoms with Gasteiger partial charge in [-0.1, -0.05) is 25.4 Å². The zero-order chi connectivity index (χ0) is 13.7. The van der Waals surface area contributed by atoms with Crippen LogP contribution in [-0.2, 0) is 13.1 Å². The fraction of sp³-hybridized carbons (Fsp3) is 0.769. The van der Waals surface area contributed by atoms with Gasteiger partial charge < -0.3 is 5.32 Å². The average molecular weight is 292 g/mol. The van der Waals surface area contributed by atoms with E-state index in [9.17, 15) is 0 Å². The summed E-state index contributed by atoms with van der Waals surface area (Å²) >= 11 is 12.5. The van der Waals surface area contributed by atoms with Crippen molar-refractivity contribution in [3.63, 3.8) is 0 Å². The zero-order valence-corrected chi connectivity index (χ0v) is 13.1. The Bertz CT molecular complexity index is 375. The summed E-state index contributed by atoms with van der Waals surface area (Å²) in [6.45, 7) is 10.7. The van der Waals surface area contributed by atoms with Crippen LogP contribution in [0.4, 0.5) is 0 Å². The smallest absolute Gasteiger partial charge is 0.0860 e. The SMILES string of the molecule is CCn1nc(C)c(Cl)c1CNCC(Cl)CC(C)C. The lowest BCUT2D eigenvalue weighted by molar-refractivity contribution is 0.521. The second-order valence-electron chi connectivity index (χ2n) is 5.02. The first kappa shape index (κ1) is 15.8. The number of aryl methyl sites for hydroxylation is 2. The van der Waals surface area contributed by atoms with Crippen molar-refractivity contribution < 1.29 is 0 Å². The molecule has 0 aliphatic carbocycles. The van der Waals surface area contributed by atoms with Gasteiger partial charge in [-0.2, -0.15) is 5.10 Å². The molecule has 0 radical (unpaired) electrons. The van der Waals surface area contributed by atoms with Crippen LogP contribution in [0.1, 0.15) is 38.6 Å². The van der Waals surface area contributed by atoms with Gasteiger partial charge >= 0.3 is 0 Å². The van der Waals surface area contributed by atoms with Gasteiger partial charge in [-0.25, -0.2) is 0 Å². The topological polar surface area (TPSA) is 29.9 Å². The van der Waals surface area contributed by atoms with Crippen molar-refractivity contribution in [2.24, 2.45) is 5.92 Å². The minimum atomic E-state index is 0.169. The predicted octanol–water partition coefficient (Wildman–Crippen LogP) is 3.61. The van der Waals surface area contributed by atoms with E-state index in [0.29, 0.717) is 5.92 Å². The molecule has 0 bridgehead atoms. The molecule has 1 N–H and O–H groups in total. The summed E-state index contributed by atoms with van der Waals surface area (Å²) in [6.07, 6.45) is 1.02. The largest absolute Gasteiger partial charge is 0.310 e. The molecule has 0 saturated carbocycles. The normalized spacial score (nSPS) is 13.3. The predicted molar refractivity (Wildman–Crippen MR) is 78.5 cm³/mol. The maximum Gasteiger partial charge on any atom is 0.0860 e. The van der Waals surface area contributed by atoms with Gasteiger partial charge in [0.15, 0.2) is 0 Å². The van der Waals surface area contributed by atoms with E-state index in [4.69, 9.17) is 23.2 Å². The maximum atomic E-state index is 6.24. The fourth-order valence-electron chi connectivity index (χ4n) is 1.98. The lowest BCUT2D eigenvalue weighted by atomic mass is 10.1. The first-order chi connectivity index (χ1) is 8.45. The summed E-state index contributed by atoms with van der Waals surface area (Å²) in [5.74, 6) is 0.626. The number of hydrogen-bond donors (Lipinski definition) is 1. The second kappa shape index (κ2) is 7.37. The van der Waals surface area contributed by atoms with Crippen LogP contribution in [0.25, 0.3) is 0 Å². The molecule has 0 aliphatic rings. The van der Waals surface area contributed by atoms with Gasteiger partial charge in [0.1, 0.15) is 0 Å². The van der Waals surface area contributed by atoms with Crippen molar-refractivity contribution in [1.82, 2.24) is 15.1 Å². The van der Waals surface area contributed by atoms with Crippen LogP contribution < -0.4 is 5.32 Å². The summed E-state index contributed by atoms with van der Waals surface area (Å²) in [5.41, 5.74) is 1.94. The van der Waals surface area contributed by atoms with Crippen LogP contribution in [0.3, 0.4) is 0 Å². The van der Waals surface area contributed by atoms with E-state index in [1.54, 1.807) is 0 Å². The Labute approximate surface area is 120 Å². The lowest BCUT2D eigenvalue weighted by Gasteiger charge is -2.13. The molecule has 0 aromatic carbocycles. The summed E-state index contributed by atoms with van der Waals surface area (Å²) in [7, 11) is 0. The molecule has 104 valence electrons. The van der Waals surface area contributed by atoms with E-state index in [0.717, 1.165) is 42.5 Å². The van der Waals surface area contributed by atoms with Crippen molar-refractivity contribution in [2.75, 3.05) is 6.54 Å². The highest BCUT2D eigenvalue weighted by atomic mass is 35.5. The molecule has 0 aliphatic heterocycles. The third-order valence-electron chi connectivity index (χ3n) is 2.84. The number of nitrogens with one attached hydrogen (secondary N) is 1. The van der Waals surface area contributed by atoms with Crippen molar-refractivity contribution in [3.05, 3.63) is 16.4 Å². The van der Waals surface area contributed by atoms with Gasteiger partial charge in [-0.15, -0.1) is 11.6 Å². The van der Waals surface area contributed by atoms with Crippen molar-refractivity contribution in [2.45, 2.75) is 52.6 Å². The second-order valence-corrected chi connectivity index (χ2v) is 6.01. The number of aromatic nitrogens is 2. The van der Waals surface area contributed by atoms with Gasteiger partial charge in [0.2, 0.25) is 0 Å². The highest BCUT2D eigenvalue weighted by Crippen LogP contribution is 2.20. The summed E-state index contributed by atoms with van der Waals surface area (Å²) < 4.78 is 1.94. The lowest BCUT2D eigenvalue weighted by Crippen LogP contribution is -2.25. The summed E-state index contributed by atoms with van der Waals surface area (Å²) in [4.78, 5) is 0. The van der Waals surface area contributed by atoms with Gasteiger partial charge in [0.05, 0.1) is 16.4 Å². The third-order valence-corrected chi connectivity index (χ3v) is 3.66. The van der Waals surface area contributed by atoms with Crippen molar-refractivity contribution >= 4 is 23.2 Å². The number of hydrogen-bond acceptors (Lipinski definition) is 2. The Kier molecular flexibility index (Phi) is 6.47. The molecule has 0 saturated heterocycles. The average Bonchev–Trinajstić information content (AvgIpc) is 2.55. The van der Waals surface area contributed by atoms with Gasteiger partial charge in [-0.05, 0) is 26.2 Å². The first-order valence-corrected chi connectivity index (χ1v) is 7.33. The third kappa shape index (κ3) is 4.45. The van der Waals surface area contributed by atoms with Gasteiger partial charge in [-0.3, -0.25) is 4.68 Å². The van der Waals surface area contributed by atoms with Crippen LogP contribution >= 0.6 is 23.2 Å². The quantitative estimate of drug-likeness (QED) is 0.778. The van der Waals surface area contributed by atoms with E-state index < -0.39 is 0 Å². The molecule has 18 heavy (non-hydrogen) atoms. The molecule has 1 aromatic rings. The Morgan fingerprint density at radius 2 is 2.06 bits per heavy atom. The Morgan fingerprint density at radius 1 is 1.39 bits per heavy atom. The number of nitrogens with zero attached hydrogens (tertiary/aromatic N) is 2. The Hall–Kier alpha value is -0.250. The number of halogens is 2. The number of rotatable bonds is 7. The molecule has 1 aromatic heterocycles. The molecule has 3 nitrogen and oxygen atoms in total. The van der Waals surface area contributed by atoms with E-state index in [1.807, 2.05) is 11.6 Å². The van der Waals surface area contributed by atoms with E-state index >= 15 is 0 Å². The summed E-state index contributed by atoms with van der Waals surface area (Å²) in [6, 6.07) is 0. The molecule has 1 rings (SSSR count). The van der Waals surface area contributed by atoms with Crippen molar-refractivity contribution in [1.29, 1.82) is 0 Å².